The molecule has 130 valence electrons. The number of hydrogen-bond donors (Lipinski definition) is 1. The average Bonchev–Trinajstić information content (AvgIpc) is 2.60. The second-order valence-electron chi connectivity index (χ2n) is 7.03. The third-order valence-corrected chi connectivity index (χ3v) is 5.26. The maximum absolute atomic E-state index is 12.1. The van der Waals surface area contributed by atoms with Gasteiger partial charge in [-0.2, -0.15) is 0 Å². The highest BCUT2D eigenvalue weighted by molar-refractivity contribution is 5.95. The Balaban J connectivity index is 1.65. The highest BCUT2D eigenvalue weighted by atomic mass is 16.2. The molecular weight excluding hydrogens is 320 g/mol. The number of fused-ring (bicyclic) bond motifs is 1. The first-order valence-electron chi connectivity index (χ1n) is 9.08. The number of rotatable bonds is 4. The first kappa shape index (κ1) is 16.5. The largest absolute Gasteiger partial charge is 0.310 e. The number of nitrogens with zero attached hydrogens (tertiary/aromatic N) is 1. The lowest BCUT2D eigenvalue weighted by Crippen LogP contribution is -2.28. The number of pyridine rings is 1. The molecule has 0 radical (unpaired) electrons. The lowest BCUT2D eigenvalue weighted by Gasteiger charge is -2.23. The minimum atomic E-state index is 0.0941. The zero-order valence-electron chi connectivity index (χ0n) is 15.0. The minimum Gasteiger partial charge on any atom is -0.310 e. The molecule has 0 spiro atoms. The number of anilines is 1. The van der Waals surface area contributed by atoms with Crippen LogP contribution in [0.2, 0.25) is 0 Å². The molecule has 3 heteroatoms. The molecular formula is C23H22N2O. The van der Waals surface area contributed by atoms with E-state index >= 15 is 0 Å². The zero-order chi connectivity index (χ0) is 18.1. The molecule has 1 aromatic heterocycles. The number of hydrogen-bond acceptors (Lipinski definition) is 2. The maximum Gasteiger partial charge on any atom is 0.228 e. The Hall–Kier alpha value is -2.94. The highest BCUT2D eigenvalue weighted by Gasteiger charge is 2.25. The number of nitrogens with one attached hydrogen (secondary N) is 1. The van der Waals surface area contributed by atoms with Gasteiger partial charge in [0.2, 0.25) is 5.91 Å². The van der Waals surface area contributed by atoms with Crippen LogP contribution in [0.15, 0.2) is 55.2 Å². The van der Waals surface area contributed by atoms with E-state index in [1.54, 1.807) is 0 Å². The molecule has 3 aromatic rings. The Morgan fingerprint density at radius 3 is 2.73 bits per heavy atom. The smallest absolute Gasteiger partial charge is 0.228 e. The van der Waals surface area contributed by atoms with Gasteiger partial charge in [-0.25, -0.2) is 4.98 Å². The van der Waals surface area contributed by atoms with E-state index in [0.29, 0.717) is 5.82 Å². The first-order chi connectivity index (χ1) is 12.6. The van der Waals surface area contributed by atoms with E-state index in [9.17, 15) is 4.79 Å². The molecule has 1 aliphatic rings. The molecule has 1 heterocycles. The quantitative estimate of drug-likeness (QED) is 0.671. The van der Waals surface area contributed by atoms with Crippen molar-refractivity contribution in [2.24, 2.45) is 5.92 Å². The summed E-state index contributed by atoms with van der Waals surface area (Å²) in [6.07, 6.45) is 6.83. The second-order valence-corrected chi connectivity index (χ2v) is 7.03. The van der Waals surface area contributed by atoms with Crippen molar-refractivity contribution in [1.82, 2.24) is 4.98 Å². The van der Waals surface area contributed by atoms with Crippen LogP contribution >= 0.6 is 0 Å². The summed E-state index contributed by atoms with van der Waals surface area (Å²) < 4.78 is 0. The van der Waals surface area contributed by atoms with Gasteiger partial charge in [0.05, 0.1) is 0 Å². The molecule has 4 rings (SSSR count). The van der Waals surface area contributed by atoms with Crippen molar-refractivity contribution < 1.29 is 4.79 Å². The van der Waals surface area contributed by atoms with Gasteiger partial charge >= 0.3 is 0 Å². The van der Waals surface area contributed by atoms with Crippen molar-refractivity contribution in [2.45, 2.75) is 26.2 Å². The first-order valence-corrected chi connectivity index (χ1v) is 9.08. The van der Waals surface area contributed by atoms with Gasteiger partial charge in [0.15, 0.2) is 0 Å². The van der Waals surface area contributed by atoms with Gasteiger partial charge in [-0.15, -0.1) is 0 Å². The van der Waals surface area contributed by atoms with Gasteiger partial charge < -0.3 is 5.32 Å². The fraction of sp³-hybridized carbons (Fsp3) is 0.217. The van der Waals surface area contributed by atoms with Gasteiger partial charge in [0, 0.05) is 17.5 Å². The van der Waals surface area contributed by atoms with Crippen molar-refractivity contribution in [3.63, 3.8) is 0 Å². The predicted octanol–water partition coefficient (Wildman–Crippen LogP) is 5.59. The van der Waals surface area contributed by atoms with Crippen LogP contribution in [0.5, 0.6) is 0 Å². The lowest BCUT2D eigenvalue weighted by atomic mass is 9.85. The van der Waals surface area contributed by atoms with Crippen molar-refractivity contribution in [1.29, 1.82) is 0 Å². The topological polar surface area (TPSA) is 42.0 Å². The third kappa shape index (κ3) is 3.13. The molecule has 26 heavy (non-hydrogen) atoms. The molecule has 0 atom stereocenters. The molecule has 0 bridgehead atoms. The fourth-order valence-electron chi connectivity index (χ4n) is 3.35. The number of aromatic nitrogens is 1. The van der Waals surface area contributed by atoms with Crippen LogP contribution in [0.4, 0.5) is 5.82 Å². The number of amides is 1. The molecule has 1 saturated carbocycles. The molecule has 1 aliphatic carbocycles. The molecule has 0 unspecified atom stereocenters. The van der Waals surface area contributed by atoms with Gasteiger partial charge in [-0.1, -0.05) is 43.3 Å². The van der Waals surface area contributed by atoms with Crippen LogP contribution < -0.4 is 5.32 Å². The van der Waals surface area contributed by atoms with E-state index < -0.39 is 0 Å². The normalized spacial score (nSPS) is 14.0. The van der Waals surface area contributed by atoms with Crippen molar-refractivity contribution in [3.8, 4) is 11.1 Å². The standard InChI is InChI=1S/C23H22N2O/c1-3-16-8-7-15(2)21(11-16)19-10-9-18-13-22(24-14-20(18)12-19)25-23(26)17-5-4-6-17/h3,7-14,17H,1,4-6H2,2H3,(H,24,25,26). The molecule has 3 nitrogen and oxygen atoms in total. The number of aryl methyl sites for hydroxylation is 1. The lowest BCUT2D eigenvalue weighted by molar-refractivity contribution is -0.122. The van der Waals surface area contributed by atoms with E-state index in [1.165, 1.54) is 11.1 Å². The van der Waals surface area contributed by atoms with Gasteiger partial charge in [-0.3, -0.25) is 4.79 Å². The Labute approximate surface area is 153 Å². The van der Waals surface area contributed by atoms with Crippen LogP contribution in [0.3, 0.4) is 0 Å². The Bertz CT molecular complexity index is 1000. The van der Waals surface area contributed by atoms with Crippen molar-refractivity contribution in [2.75, 3.05) is 5.32 Å². The summed E-state index contributed by atoms with van der Waals surface area (Å²) in [6.45, 7) is 5.97. The highest BCUT2D eigenvalue weighted by Crippen LogP contribution is 2.30. The van der Waals surface area contributed by atoms with Crippen LogP contribution in [-0.4, -0.2) is 10.9 Å². The van der Waals surface area contributed by atoms with E-state index in [1.807, 2.05) is 18.3 Å². The summed E-state index contributed by atoms with van der Waals surface area (Å²) in [5.74, 6) is 0.888. The SMILES string of the molecule is C=Cc1ccc(C)c(-c2ccc3cc(NC(=O)C4CCC4)ncc3c2)c1. The Morgan fingerprint density at radius 2 is 2.00 bits per heavy atom. The number of carbonyl (C=O) groups excluding carboxylic acids is 1. The van der Waals surface area contributed by atoms with Crippen LogP contribution in [0.25, 0.3) is 28.0 Å². The second kappa shape index (κ2) is 6.75. The summed E-state index contributed by atoms with van der Waals surface area (Å²) in [6, 6.07) is 14.7. The van der Waals surface area contributed by atoms with Crippen LogP contribution in [-0.2, 0) is 4.79 Å². The molecule has 2 aromatic carbocycles. The minimum absolute atomic E-state index is 0.0941. The molecule has 0 saturated heterocycles. The average molecular weight is 342 g/mol. The van der Waals surface area contributed by atoms with Gasteiger partial charge in [-0.05, 0) is 65.6 Å². The van der Waals surface area contributed by atoms with Crippen LogP contribution in [0, 0.1) is 12.8 Å². The summed E-state index contributed by atoms with van der Waals surface area (Å²) >= 11 is 0. The van der Waals surface area contributed by atoms with Crippen molar-refractivity contribution >= 4 is 28.6 Å². The summed E-state index contributed by atoms with van der Waals surface area (Å²) in [5, 5.41) is 5.08. The molecule has 1 fully saturated rings. The Kier molecular flexibility index (Phi) is 4.29. The van der Waals surface area contributed by atoms with E-state index in [2.05, 4.69) is 60.2 Å². The molecule has 1 N–H and O–H groups in total. The third-order valence-electron chi connectivity index (χ3n) is 5.26. The predicted molar refractivity (Wildman–Crippen MR) is 108 cm³/mol. The zero-order valence-corrected chi connectivity index (χ0v) is 15.0. The van der Waals surface area contributed by atoms with Gasteiger partial charge in [0.1, 0.15) is 5.82 Å². The summed E-state index contributed by atoms with van der Waals surface area (Å²) in [4.78, 5) is 16.5. The number of carbonyl (C=O) groups is 1. The van der Waals surface area contributed by atoms with E-state index in [-0.39, 0.29) is 11.8 Å². The summed E-state index contributed by atoms with van der Waals surface area (Å²) in [5.41, 5.74) is 4.70. The van der Waals surface area contributed by atoms with E-state index in [0.717, 1.165) is 41.2 Å². The van der Waals surface area contributed by atoms with E-state index in [4.69, 9.17) is 0 Å². The molecule has 1 amide bonds. The monoisotopic (exact) mass is 342 g/mol. The number of benzene rings is 2. The maximum atomic E-state index is 12.1. The molecule has 0 aliphatic heterocycles. The van der Waals surface area contributed by atoms with Gasteiger partial charge in [0.25, 0.3) is 0 Å². The van der Waals surface area contributed by atoms with Crippen LogP contribution in [0.1, 0.15) is 30.4 Å². The van der Waals surface area contributed by atoms with Crippen molar-refractivity contribution in [3.05, 3.63) is 66.4 Å². The Morgan fingerprint density at radius 1 is 1.15 bits per heavy atom. The fourth-order valence-corrected chi connectivity index (χ4v) is 3.35. The summed E-state index contributed by atoms with van der Waals surface area (Å²) in [7, 11) is 0.